The van der Waals surface area contributed by atoms with E-state index in [0.29, 0.717) is 18.0 Å². The number of nitrogens with one attached hydrogen (secondary N) is 1. The summed E-state index contributed by atoms with van der Waals surface area (Å²) in [7, 11) is 0. The van der Waals surface area contributed by atoms with E-state index in [1.807, 2.05) is 42.5 Å². The molecule has 4 nitrogen and oxygen atoms in total. The number of amides is 1. The Balaban J connectivity index is 0.000000732. The van der Waals surface area contributed by atoms with Crippen molar-refractivity contribution in [2.24, 2.45) is 5.73 Å². The normalized spacial score (nSPS) is 13.0. The summed E-state index contributed by atoms with van der Waals surface area (Å²) in [4.78, 5) is 11.7. The zero-order valence-corrected chi connectivity index (χ0v) is 16.2. The van der Waals surface area contributed by atoms with Crippen LogP contribution in [0.2, 0.25) is 0 Å². The van der Waals surface area contributed by atoms with E-state index in [1.54, 1.807) is 24.3 Å². The lowest BCUT2D eigenvalue weighted by atomic mass is 10.1. The molecule has 0 aromatic heterocycles. The highest BCUT2D eigenvalue weighted by atomic mass is 19.1. The van der Waals surface area contributed by atoms with Gasteiger partial charge in [-0.25, -0.2) is 4.39 Å². The minimum absolute atomic E-state index is 0.346. The fourth-order valence-corrected chi connectivity index (χ4v) is 2.59. The minimum Gasteiger partial charge on any atom is -0.457 e. The summed E-state index contributed by atoms with van der Waals surface area (Å²) < 4.78 is 18.8. The van der Waals surface area contributed by atoms with Gasteiger partial charge < -0.3 is 10.5 Å². The highest BCUT2D eigenvalue weighted by Gasteiger charge is 2.16. The summed E-state index contributed by atoms with van der Waals surface area (Å²) in [5.74, 6) is 0.270. The summed E-state index contributed by atoms with van der Waals surface area (Å²) in [6.45, 7) is 0.475. The molecule has 0 spiro atoms. The van der Waals surface area contributed by atoms with Crippen LogP contribution in [0, 0.1) is 5.82 Å². The molecule has 0 heterocycles. The van der Waals surface area contributed by atoms with Gasteiger partial charge in [0.05, 0.1) is 0 Å². The van der Waals surface area contributed by atoms with Crippen LogP contribution in [0.5, 0.6) is 11.5 Å². The second-order valence-electron chi connectivity index (χ2n) is 6.89. The second-order valence-corrected chi connectivity index (χ2v) is 6.89. The topological polar surface area (TPSA) is 64.4 Å². The third kappa shape index (κ3) is 7.05. The molecule has 1 amide bonds. The van der Waals surface area contributed by atoms with Crippen molar-refractivity contribution in [2.45, 2.75) is 31.8 Å². The molecule has 0 bridgehead atoms. The Hall–Kier alpha value is -3.18. The van der Waals surface area contributed by atoms with Crippen molar-refractivity contribution in [3.63, 3.8) is 0 Å². The van der Waals surface area contributed by atoms with E-state index in [9.17, 15) is 9.18 Å². The first-order chi connectivity index (χ1) is 14.1. The molecule has 1 aliphatic carbocycles. The largest absolute Gasteiger partial charge is 0.457 e. The molecule has 3 N–H and O–H groups in total. The van der Waals surface area contributed by atoms with Gasteiger partial charge in [-0.3, -0.25) is 10.1 Å². The molecule has 1 aliphatic rings. The number of hydrogen-bond acceptors (Lipinski definition) is 3. The van der Waals surface area contributed by atoms with Crippen LogP contribution in [-0.4, -0.2) is 5.91 Å². The van der Waals surface area contributed by atoms with Crippen LogP contribution in [0.15, 0.2) is 78.9 Å². The van der Waals surface area contributed by atoms with Gasteiger partial charge >= 0.3 is 0 Å². The molecule has 5 heteroatoms. The van der Waals surface area contributed by atoms with Crippen molar-refractivity contribution in [1.29, 1.82) is 0 Å². The third-order valence-corrected chi connectivity index (χ3v) is 4.24. The maximum atomic E-state index is 13.2. The Morgan fingerprint density at radius 2 is 1.62 bits per heavy atom. The first-order valence-corrected chi connectivity index (χ1v) is 9.72. The maximum absolute atomic E-state index is 13.2. The van der Waals surface area contributed by atoms with E-state index >= 15 is 0 Å². The predicted octanol–water partition coefficient (Wildman–Crippen LogP) is 5.10. The minimum atomic E-state index is -0.556. The summed E-state index contributed by atoms with van der Waals surface area (Å²) in [5.41, 5.74) is 7.30. The number of carbonyl (C=O) groups excluding carboxylic acids is 1. The van der Waals surface area contributed by atoms with Gasteiger partial charge in [0.2, 0.25) is 5.91 Å². The number of ether oxygens (including phenoxy) is 1. The molecule has 0 radical (unpaired) electrons. The standard InChI is InChI=1S/C21H19FN2O2.C3H6/c22-17-7-4-8-19(13-17)26-18-11-9-15(10-12-18)14-24-20(21(23)25)16-5-2-1-3-6-16;1-2-3-1/h1-13,20,24H,14H2,(H2,23,25);1-3H2. The molecule has 0 saturated heterocycles. The summed E-state index contributed by atoms with van der Waals surface area (Å²) in [5, 5.41) is 3.16. The predicted molar refractivity (Wildman–Crippen MR) is 112 cm³/mol. The Bertz CT molecular complexity index is 909. The quantitative estimate of drug-likeness (QED) is 0.588. The first-order valence-electron chi connectivity index (χ1n) is 9.72. The Labute approximate surface area is 170 Å². The van der Waals surface area contributed by atoms with Gasteiger partial charge in [-0.1, -0.05) is 67.8 Å². The molecule has 1 saturated carbocycles. The number of rotatable bonds is 7. The van der Waals surface area contributed by atoms with Crippen molar-refractivity contribution in [3.05, 3.63) is 95.8 Å². The van der Waals surface area contributed by atoms with E-state index in [2.05, 4.69) is 5.32 Å². The highest BCUT2D eigenvalue weighted by Crippen LogP contribution is 2.22. The Kier molecular flexibility index (Phi) is 7.36. The van der Waals surface area contributed by atoms with Crippen molar-refractivity contribution in [3.8, 4) is 11.5 Å². The molecule has 1 unspecified atom stereocenters. The zero-order valence-electron chi connectivity index (χ0n) is 16.2. The molecule has 150 valence electrons. The molecule has 4 rings (SSSR count). The van der Waals surface area contributed by atoms with E-state index < -0.39 is 11.9 Å². The van der Waals surface area contributed by atoms with Crippen LogP contribution < -0.4 is 15.8 Å². The highest BCUT2D eigenvalue weighted by molar-refractivity contribution is 5.81. The number of primary amides is 1. The first kappa shape index (κ1) is 20.6. The fourth-order valence-electron chi connectivity index (χ4n) is 2.59. The van der Waals surface area contributed by atoms with Crippen molar-refractivity contribution in [1.82, 2.24) is 5.32 Å². The van der Waals surface area contributed by atoms with E-state index in [0.717, 1.165) is 11.1 Å². The Morgan fingerprint density at radius 1 is 0.931 bits per heavy atom. The van der Waals surface area contributed by atoms with E-state index in [-0.39, 0.29) is 5.82 Å². The average Bonchev–Trinajstić information content (AvgIpc) is 3.59. The number of halogens is 1. The molecule has 1 fully saturated rings. The number of carbonyl (C=O) groups is 1. The monoisotopic (exact) mass is 392 g/mol. The summed E-state index contributed by atoms with van der Waals surface area (Å²) in [6.07, 6.45) is 4.50. The molecule has 29 heavy (non-hydrogen) atoms. The van der Waals surface area contributed by atoms with Crippen molar-refractivity contribution < 1.29 is 13.9 Å². The van der Waals surface area contributed by atoms with Gasteiger partial charge in [0, 0.05) is 12.6 Å². The number of nitrogens with two attached hydrogens (primary N) is 1. The SMILES string of the molecule is C1CC1.NC(=O)C(NCc1ccc(Oc2cccc(F)c2)cc1)c1ccccc1. The molecule has 3 aromatic carbocycles. The van der Waals surface area contributed by atoms with E-state index in [1.165, 1.54) is 31.4 Å². The molecule has 1 atom stereocenters. The summed E-state index contributed by atoms with van der Waals surface area (Å²) in [6, 6.07) is 22.1. The summed E-state index contributed by atoms with van der Waals surface area (Å²) >= 11 is 0. The third-order valence-electron chi connectivity index (χ3n) is 4.24. The lowest BCUT2D eigenvalue weighted by Gasteiger charge is -2.16. The second kappa shape index (κ2) is 10.4. The van der Waals surface area contributed by atoms with Crippen LogP contribution >= 0.6 is 0 Å². The number of benzene rings is 3. The van der Waals surface area contributed by atoms with Gasteiger partial charge in [0.1, 0.15) is 23.4 Å². The van der Waals surface area contributed by atoms with E-state index in [4.69, 9.17) is 10.5 Å². The lowest BCUT2D eigenvalue weighted by molar-refractivity contribution is -0.120. The fraction of sp³-hybridized carbons (Fsp3) is 0.208. The molecular weight excluding hydrogens is 367 g/mol. The van der Waals surface area contributed by atoms with Crippen molar-refractivity contribution >= 4 is 5.91 Å². The molecule has 3 aromatic rings. The van der Waals surface area contributed by atoms with Crippen LogP contribution in [0.1, 0.15) is 36.4 Å². The molecule has 0 aliphatic heterocycles. The Morgan fingerprint density at radius 3 is 2.21 bits per heavy atom. The van der Waals surface area contributed by atoms with Crippen LogP contribution in [0.25, 0.3) is 0 Å². The van der Waals surface area contributed by atoms with Crippen LogP contribution in [0.4, 0.5) is 4.39 Å². The van der Waals surface area contributed by atoms with Crippen LogP contribution in [-0.2, 0) is 11.3 Å². The average molecular weight is 392 g/mol. The van der Waals surface area contributed by atoms with Crippen LogP contribution in [0.3, 0.4) is 0 Å². The molecular formula is C24H25FN2O2. The van der Waals surface area contributed by atoms with Crippen molar-refractivity contribution in [2.75, 3.05) is 0 Å². The maximum Gasteiger partial charge on any atom is 0.239 e. The van der Waals surface area contributed by atoms with Gasteiger partial charge in [-0.05, 0) is 35.4 Å². The van der Waals surface area contributed by atoms with Gasteiger partial charge in [-0.2, -0.15) is 0 Å². The zero-order chi connectivity index (χ0) is 20.5. The lowest BCUT2D eigenvalue weighted by Crippen LogP contribution is -2.33. The number of hydrogen-bond donors (Lipinski definition) is 2. The van der Waals surface area contributed by atoms with Gasteiger partial charge in [-0.15, -0.1) is 0 Å². The van der Waals surface area contributed by atoms with Gasteiger partial charge in [0.25, 0.3) is 0 Å². The smallest absolute Gasteiger partial charge is 0.239 e. The van der Waals surface area contributed by atoms with Gasteiger partial charge in [0.15, 0.2) is 0 Å².